The van der Waals surface area contributed by atoms with Crippen LogP contribution in [0.1, 0.15) is 23.0 Å². The lowest BCUT2D eigenvalue weighted by molar-refractivity contribution is -0.137. The number of aromatic nitrogens is 2. The molecule has 1 aromatic heterocycles. The highest BCUT2D eigenvalue weighted by Crippen LogP contribution is 2.30. The number of halogens is 4. The molecule has 0 aliphatic carbocycles. The van der Waals surface area contributed by atoms with E-state index in [0.717, 1.165) is 12.1 Å². The van der Waals surface area contributed by atoms with Crippen LogP contribution in [0, 0.1) is 0 Å². The summed E-state index contributed by atoms with van der Waals surface area (Å²) in [7, 11) is 0. The number of amides is 1. The maximum atomic E-state index is 12.7. The summed E-state index contributed by atoms with van der Waals surface area (Å²) in [5, 5.41) is 6.61. The zero-order valence-electron chi connectivity index (χ0n) is 12.2. The lowest BCUT2D eigenvalue weighted by Crippen LogP contribution is -2.38. The Balaban J connectivity index is 0.00000264. The van der Waals surface area contributed by atoms with Crippen LogP contribution < -0.4 is 11.1 Å². The Kier molecular flexibility index (Phi) is 6.17. The molecule has 126 valence electrons. The first-order valence-electron chi connectivity index (χ1n) is 6.55. The zero-order chi connectivity index (χ0) is 16.3. The molecular weight excluding hydrogens is 333 g/mol. The minimum Gasteiger partial charge on any atom is -0.347 e. The van der Waals surface area contributed by atoms with Crippen molar-refractivity contribution in [3.8, 4) is 5.69 Å². The molecule has 9 heteroatoms. The first-order valence-corrected chi connectivity index (χ1v) is 6.55. The van der Waals surface area contributed by atoms with Gasteiger partial charge in [-0.05, 0) is 31.2 Å². The number of nitrogens with two attached hydrogens (primary N) is 1. The Bertz CT molecular complexity index is 672. The van der Waals surface area contributed by atoms with E-state index in [-0.39, 0.29) is 36.4 Å². The van der Waals surface area contributed by atoms with E-state index in [1.165, 1.54) is 29.1 Å². The summed E-state index contributed by atoms with van der Waals surface area (Å²) in [6, 6.07) is 5.92. The normalized spacial score (nSPS) is 12.4. The molecule has 23 heavy (non-hydrogen) atoms. The largest absolute Gasteiger partial charge is 0.416 e. The minimum absolute atomic E-state index is 0. The van der Waals surface area contributed by atoms with Gasteiger partial charge in [0.1, 0.15) is 0 Å². The molecule has 2 aromatic rings. The van der Waals surface area contributed by atoms with Gasteiger partial charge in [0.15, 0.2) is 5.69 Å². The Hall–Kier alpha value is -2.06. The van der Waals surface area contributed by atoms with E-state index in [4.69, 9.17) is 5.73 Å². The van der Waals surface area contributed by atoms with E-state index in [0.29, 0.717) is 0 Å². The van der Waals surface area contributed by atoms with E-state index < -0.39 is 17.6 Å². The van der Waals surface area contributed by atoms with Gasteiger partial charge in [0.25, 0.3) is 5.91 Å². The first-order chi connectivity index (χ1) is 10.3. The van der Waals surface area contributed by atoms with E-state index in [2.05, 4.69) is 10.4 Å². The van der Waals surface area contributed by atoms with Crippen molar-refractivity contribution in [2.24, 2.45) is 5.73 Å². The fraction of sp³-hybridized carbons (Fsp3) is 0.286. The van der Waals surface area contributed by atoms with Crippen LogP contribution in [-0.4, -0.2) is 28.3 Å². The number of nitrogens with zero attached hydrogens (tertiary/aromatic N) is 2. The molecule has 0 saturated carbocycles. The molecule has 1 heterocycles. The first kappa shape index (κ1) is 19.0. The number of benzene rings is 1. The molecule has 0 aliphatic heterocycles. The molecule has 0 spiro atoms. The average molecular weight is 349 g/mol. The highest BCUT2D eigenvalue weighted by molar-refractivity contribution is 5.92. The second-order valence-corrected chi connectivity index (χ2v) is 4.80. The topological polar surface area (TPSA) is 72.9 Å². The van der Waals surface area contributed by atoms with Crippen LogP contribution in [0.3, 0.4) is 0 Å². The van der Waals surface area contributed by atoms with Gasteiger partial charge in [-0.25, -0.2) is 4.68 Å². The van der Waals surface area contributed by atoms with Gasteiger partial charge >= 0.3 is 6.18 Å². The van der Waals surface area contributed by atoms with Crippen LogP contribution in [0.2, 0.25) is 0 Å². The predicted molar refractivity (Wildman–Crippen MR) is 81.8 cm³/mol. The van der Waals surface area contributed by atoms with Crippen molar-refractivity contribution in [3.63, 3.8) is 0 Å². The third-order valence-electron chi connectivity index (χ3n) is 2.99. The Labute approximate surface area is 137 Å². The van der Waals surface area contributed by atoms with Crippen LogP contribution in [0.25, 0.3) is 5.69 Å². The number of carbonyl (C=O) groups is 1. The lowest BCUT2D eigenvalue weighted by atomic mass is 10.2. The van der Waals surface area contributed by atoms with Crippen LogP contribution in [0.4, 0.5) is 13.2 Å². The van der Waals surface area contributed by atoms with Crippen molar-refractivity contribution in [2.45, 2.75) is 19.1 Å². The van der Waals surface area contributed by atoms with Crippen LogP contribution in [0.5, 0.6) is 0 Å². The molecule has 2 rings (SSSR count). The monoisotopic (exact) mass is 348 g/mol. The second kappa shape index (κ2) is 7.47. The molecule has 0 fully saturated rings. The van der Waals surface area contributed by atoms with Gasteiger partial charge in [-0.1, -0.05) is 6.07 Å². The fourth-order valence-corrected chi connectivity index (χ4v) is 1.77. The number of rotatable bonds is 4. The highest BCUT2D eigenvalue weighted by atomic mass is 35.5. The summed E-state index contributed by atoms with van der Waals surface area (Å²) in [6.07, 6.45) is -3.00. The smallest absolute Gasteiger partial charge is 0.347 e. The van der Waals surface area contributed by atoms with Gasteiger partial charge in [-0.2, -0.15) is 18.3 Å². The van der Waals surface area contributed by atoms with E-state index in [1.807, 2.05) is 0 Å². The van der Waals surface area contributed by atoms with Gasteiger partial charge in [0.05, 0.1) is 11.3 Å². The predicted octanol–water partition coefficient (Wildman–Crippen LogP) is 2.39. The minimum atomic E-state index is -4.43. The third-order valence-corrected chi connectivity index (χ3v) is 2.99. The van der Waals surface area contributed by atoms with E-state index in [1.54, 1.807) is 6.92 Å². The van der Waals surface area contributed by atoms with E-state index in [9.17, 15) is 18.0 Å². The third kappa shape index (κ3) is 4.70. The highest BCUT2D eigenvalue weighted by Gasteiger charge is 2.30. The molecule has 1 atom stereocenters. The number of hydrogen-bond acceptors (Lipinski definition) is 3. The Morgan fingerprint density at radius 1 is 1.39 bits per heavy atom. The van der Waals surface area contributed by atoms with Crippen LogP contribution in [0.15, 0.2) is 36.5 Å². The SMILES string of the molecule is C[C@@H](CN)NC(=O)c1ccn(-c2cccc(C(F)(F)F)c2)n1.Cl. The Morgan fingerprint density at radius 3 is 2.70 bits per heavy atom. The van der Waals surface area contributed by atoms with Gasteiger partial charge in [0.2, 0.25) is 0 Å². The van der Waals surface area contributed by atoms with Crippen LogP contribution >= 0.6 is 12.4 Å². The average Bonchev–Trinajstić information content (AvgIpc) is 2.96. The van der Waals surface area contributed by atoms with Crippen molar-refractivity contribution in [2.75, 3.05) is 6.54 Å². The fourth-order valence-electron chi connectivity index (χ4n) is 1.77. The van der Waals surface area contributed by atoms with E-state index >= 15 is 0 Å². The quantitative estimate of drug-likeness (QED) is 0.891. The van der Waals surface area contributed by atoms with Crippen molar-refractivity contribution >= 4 is 18.3 Å². The summed E-state index contributed by atoms with van der Waals surface area (Å²) >= 11 is 0. The molecular formula is C14H16ClF3N4O. The number of hydrogen-bond donors (Lipinski definition) is 2. The lowest BCUT2D eigenvalue weighted by Gasteiger charge is -2.10. The second-order valence-electron chi connectivity index (χ2n) is 4.80. The molecule has 1 amide bonds. The van der Waals surface area contributed by atoms with Crippen molar-refractivity contribution < 1.29 is 18.0 Å². The van der Waals surface area contributed by atoms with Crippen molar-refractivity contribution in [3.05, 3.63) is 47.8 Å². The number of nitrogens with one attached hydrogen (secondary N) is 1. The van der Waals surface area contributed by atoms with Gasteiger partial charge in [-0.3, -0.25) is 4.79 Å². The molecule has 1 aromatic carbocycles. The summed E-state index contributed by atoms with van der Waals surface area (Å²) in [4.78, 5) is 11.9. The molecule has 0 saturated heterocycles. The maximum absolute atomic E-state index is 12.7. The van der Waals surface area contributed by atoms with Gasteiger partial charge in [0, 0.05) is 18.8 Å². The molecule has 5 nitrogen and oxygen atoms in total. The Morgan fingerprint density at radius 2 is 2.09 bits per heavy atom. The van der Waals surface area contributed by atoms with Crippen molar-refractivity contribution in [1.29, 1.82) is 0 Å². The number of alkyl halides is 3. The standard InChI is InChI=1S/C14H15F3N4O.ClH/c1-9(8-18)19-13(22)12-5-6-21(20-12)11-4-2-3-10(7-11)14(15,16)17;/h2-7,9H,8,18H2,1H3,(H,19,22);1H/t9-;/m0./s1. The zero-order valence-corrected chi connectivity index (χ0v) is 13.0. The summed E-state index contributed by atoms with van der Waals surface area (Å²) in [6.45, 7) is 2.02. The summed E-state index contributed by atoms with van der Waals surface area (Å²) in [5.74, 6) is -0.427. The van der Waals surface area contributed by atoms with Crippen LogP contribution in [-0.2, 0) is 6.18 Å². The van der Waals surface area contributed by atoms with Gasteiger partial charge < -0.3 is 11.1 Å². The van der Waals surface area contributed by atoms with Gasteiger partial charge in [-0.15, -0.1) is 12.4 Å². The molecule has 0 unspecified atom stereocenters. The van der Waals surface area contributed by atoms with Crippen molar-refractivity contribution in [1.82, 2.24) is 15.1 Å². The summed E-state index contributed by atoms with van der Waals surface area (Å²) < 4.78 is 39.3. The maximum Gasteiger partial charge on any atom is 0.416 e. The molecule has 0 bridgehead atoms. The number of carbonyl (C=O) groups excluding carboxylic acids is 1. The molecule has 3 N–H and O–H groups in total. The molecule has 0 aliphatic rings. The summed E-state index contributed by atoms with van der Waals surface area (Å²) in [5.41, 5.74) is 4.96. The molecule has 0 radical (unpaired) electrons.